The number of methoxy groups -OCH3 is 1. The molecule has 18 heavy (non-hydrogen) atoms. The Morgan fingerprint density at radius 2 is 2.11 bits per heavy atom. The first kappa shape index (κ1) is 13.3. The van der Waals surface area contributed by atoms with Gasteiger partial charge in [-0.25, -0.2) is 0 Å². The highest BCUT2D eigenvalue weighted by molar-refractivity contribution is 5.26. The summed E-state index contributed by atoms with van der Waals surface area (Å²) in [7, 11) is 1.65. The lowest BCUT2D eigenvalue weighted by atomic mass is 10.1. The third kappa shape index (κ3) is 4.64. The monoisotopic (exact) mass is 252 g/mol. The summed E-state index contributed by atoms with van der Waals surface area (Å²) in [6, 6.07) is 7.79. The number of benzene rings is 1. The largest absolute Gasteiger partial charge is 0.497 e. The van der Waals surface area contributed by atoms with E-state index >= 15 is 0 Å². The molecule has 0 radical (unpaired) electrons. The van der Waals surface area contributed by atoms with Crippen molar-refractivity contribution < 1.29 is 19.3 Å². The first-order valence-corrected chi connectivity index (χ1v) is 6.28. The topological polar surface area (TPSA) is 51.2 Å². The molecule has 0 aromatic heterocycles. The molecule has 0 spiro atoms. The first-order chi connectivity index (χ1) is 8.78. The molecule has 0 bridgehead atoms. The van der Waals surface area contributed by atoms with Crippen LogP contribution in [-0.4, -0.2) is 37.6 Å². The van der Waals surface area contributed by atoms with Crippen molar-refractivity contribution >= 4 is 0 Å². The van der Waals surface area contributed by atoms with Gasteiger partial charge in [0.15, 0.2) is 0 Å². The predicted octanol–water partition coefficient (Wildman–Crippen LogP) is 1.75. The molecule has 1 fully saturated rings. The van der Waals surface area contributed by atoms with Gasteiger partial charge in [-0.3, -0.25) is 0 Å². The van der Waals surface area contributed by atoms with Crippen LogP contribution in [0.5, 0.6) is 5.75 Å². The highest BCUT2D eigenvalue weighted by Crippen LogP contribution is 2.17. The van der Waals surface area contributed by atoms with Crippen LogP contribution < -0.4 is 4.74 Å². The fourth-order valence-electron chi connectivity index (χ4n) is 1.76. The second kappa shape index (κ2) is 6.73. The standard InChI is InChI=1S/C14H20O4/c1-16-13-4-2-11(3-5-13)9-17-7-6-12(15)8-14-10-18-14/h2-5,12,14-15H,6-10H2,1H3/t12-,14-/m1/s1. The van der Waals surface area contributed by atoms with Crippen LogP contribution in [0.15, 0.2) is 24.3 Å². The molecule has 2 atom stereocenters. The van der Waals surface area contributed by atoms with Gasteiger partial charge >= 0.3 is 0 Å². The number of aliphatic hydroxyl groups excluding tert-OH is 1. The number of aliphatic hydroxyl groups is 1. The number of rotatable bonds is 8. The van der Waals surface area contributed by atoms with Crippen LogP contribution in [0.4, 0.5) is 0 Å². The second-order valence-electron chi connectivity index (χ2n) is 4.53. The molecule has 0 unspecified atom stereocenters. The van der Waals surface area contributed by atoms with Crippen molar-refractivity contribution in [1.29, 1.82) is 0 Å². The number of ether oxygens (including phenoxy) is 3. The van der Waals surface area contributed by atoms with Gasteiger partial charge < -0.3 is 19.3 Å². The Balaban J connectivity index is 1.58. The summed E-state index contributed by atoms with van der Waals surface area (Å²) >= 11 is 0. The van der Waals surface area contributed by atoms with E-state index in [1.807, 2.05) is 24.3 Å². The lowest BCUT2D eigenvalue weighted by Crippen LogP contribution is -2.13. The Bertz CT molecular complexity index is 345. The summed E-state index contributed by atoms with van der Waals surface area (Å²) in [6.07, 6.45) is 1.36. The molecule has 1 aliphatic rings. The van der Waals surface area contributed by atoms with Crippen molar-refractivity contribution in [2.24, 2.45) is 0 Å². The van der Waals surface area contributed by atoms with Gasteiger partial charge in [0, 0.05) is 13.0 Å². The Labute approximate surface area is 107 Å². The minimum absolute atomic E-state index is 0.279. The zero-order valence-corrected chi connectivity index (χ0v) is 10.7. The summed E-state index contributed by atoms with van der Waals surface area (Å²) in [5.74, 6) is 0.846. The van der Waals surface area contributed by atoms with Crippen LogP contribution in [0.2, 0.25) is 0 Å². The van der Waals surface area contributed by atoms with Gasteiger partial charge in [0.2, 0.25) is 0 Å². The number of epoxide rings is 1. The van der Waals surface area contributed by atoms with E-state index < -0.39 is 0 Å². The van der Waals surface area contributed by atoms with Crippen LogP contribution in [-0.2, 0) is 16.1 Å². The van der Waals surface area contributed by atoms with E-state index in [0.717, 1.165) is 24.3 Å². The first-order valence-electron chi connectivity index (χ1n) is 6.28. The molecule has 1 N–H and O–H groups in total. The lowest BCUT2D eigenvalue weighted by Gasteiger charge is -2.09. The van der Waals surface area contributed by atoms with Gasteiger partial charge in [-0.1, -0.05) is 12.1 Å². The zero-order chi connectivity index (χ0) is 12.8. The van der Waals surface area contributed by atoms with Crippen molar-refractivity contribution in [1.82, 2.24) is 0 Å². The molecule has 0 saturated carbocycles. The van der Waals surface area contributed by atoms with E-state index in [0.29, 0.717) is 19.6 Å². The van der Waals surface area contributed by atoms with E-state index in [9.17, 15) is 5.11 Å². The summed E-state index contributed by atoms with van der Waals surface area (Å²) in [5.41, 5.74) is 1.11. The van der Waals surface area contributed by atoms with Crippen LogP contribution in [0, 0.1) is 0 Å². The van der Waals surface area contributed by atoms with E-state index in [-0.39, 0.29) is 12.2 Å². The van der Waals surface area contributed by atoms with Crippen molar-refractivity contribution in [2.75, 3.05) is 20.3 Å². The van der Waals surface area contributed by atoms with Crippen LogP contribution in [0.3, 0.4) is 0 Å². The van der Waals surface area contributed by atoms with Crippen molar-refractivity contribution in [3.05, 3.63) is 29.8 Å². The summed E-state index contributed by atoms with van der Waals surface area (Å²) < 4.78 is 15.7. The number of hydrogen-bond acceptors (Lipinski definition) is 4. The lowest BCUT2D eigenvalue weighted by molar-refractivity contribution is 0.0667. The molecule has 100 valence electrons. The van der Waals surface area contributed by atoms with E-state index in [1.54, 1.807) is 7.11 Å². The van der Waals surface area contributed by atoms with E-state index in [1.165, 1.54) is 0 Å². The van der Waals surface area contributed by atoms with Gasteiger partial charge in [0.25, 0.3) is 0 Å². The van der Waals surface area contributed by atoms with Crippen LogP contribution in [0.1, 0.15) is 18.4 Å². The summed E-state index contributed by atoms with van der Waals surface area (Å²) in [4.78, 5) is 0. The third-order valence-electron chi connectivity index (χ3n) is 2.96. The number of hydrogen-bond donors (Lipinski definition) is 1. The average molecular weight is 252 g/mol. The van der Waals surface area contributed by atoms with Gasteiger partial charge in [0.1, 0.15) is 5.75 Å². The quantitative estimate of drug-likeness (QED) is 0.565. The van der Waals surface area contributed by atoms with Gasteiger partial charge in [0.05, 0.1) is 32.5 Å². The Morgan fingerprint density at radius 3 is 2.72 bits per heavy atom. The second-order valence-corrected chi connectivity index (χ2v) is 4.53. The summed E-state index contributed by atoms with van der Waals surface area (Å²) in [5, 5.41) is 9.65. The Hall–Kier alpha value is -1.10. The van der Waals surface area contributed by atoms with Crippen LogP contribution in [0.25, 0.3) is 0 Å². The maximum atomic E-state index is 9.65. The highest BCUT2D eigenvalue weighted by atomic mass is 16.6. The minimum Gasteiger partial charge on any atom is -0.497 e. The minimum atomic E-state index is -0.312. The van der Waals surface area contributed by atoms with Crippen molar-refractivity contribution in [2.45, 2.75) is 31.7 Å². The molecule has 4 heteroatoms. The molecular formula is C14H20O4. The molecule has 2 rings (SSSR count). The maximum absolute atomic E-state index is 9.65. The van der Waals surface area contributed by atoms with Crippen LogP contribution >= 0.6 is 0 Å². The highest BCUT2D eigenvalue weighted by Gasteiger charge is 2.25. The van der Waals surface area contributed by atoms with Gasteiger partial charge in [-0.05, 0) is 24.1 Å². The average Bonchev–Trinajstić information content (AvgIpc) is 3.19. The molecule has 1 aromatic carbocycles. The molecule has 1 saturated heterocycles. The molecule has 1 aromatic rings. The molecule has 0 amide bonds. The van der Waals surface area contributed by atoms with Crippen molar-refractivity contribution in [3.8, 4) is 5.75 Å². The molecule has 1 aliphatic heterocycles. The predicted molar refractivity (Wildman–Crippen MR) is 67.6 cm³/mol. The maximum Gasteiger partial charge on any atom is 0.118 e. The SMILES string of the molecule is COc1ccc(COCC[C@@H](O)C[C@@H]2CO2)cc1. The third-order valence-corrected chi connectivity index (χ3v) is 2.96. The van der Waals surface area contributed by atoms with Crippen molar-refractivity contribution in [3.63, 3.8) is 0 Å². The van der Waals surface area contributed by atoms with Gasteiger partial charge in [-0.15, -0.1) is 0 Å². The summed E-state index contributed by atoms with van der Waals surface area (Å²) in [6.45, 7) is 1.93. The molecular weight excluding hydrogens is 232 g/mol. The molecule has 1 heterocycles. The zero-order valence-electron chi connectivity index (χ0n) is 10.7. The Kier molecular flexibility index (Phi) is 4.99. The van der Waals surface area contributed by atoms with E-state index in [2.05, 4.69) is 0 Å². The molecule has 4 nitrogen and oxygen atoms in total. The van der Waals surface area contributed by atoms with E-state index in [4.69, 9.17) is 14.2 Å². The normalized spacial score (nSPS) is 19.6. The fraction of sp³-hybridized carbons (Fsp3) is 0.571. The molecule has 0 aliphatic carbocycles. The van der Waals surface area contributed by atoms with Gasteiger partial charge in [-0.2, -0.15) is 0 Å². The smallest absolute Gasteiger partial charge is 0.118 e. The Morgan fingerprint density at radius 1 is 1.39 bits per heavy atom. The fourth-order valence-corrected chi connectivity index (χ4v) is 1.76.